The maximum Gasteiger partial charge on any atom is 0.326 e. The predicted molar refractivity (Wildman–Crippen MR) is 99.7 cm³/mol. The highest BCUT2D eigenvalue weighted by Gasteiger charge is 2.46. The van der Waals surface area contributed by atoms with Crippen LogP contribution in [0.15, 0.2) is 36.4 Å². The first-order chi connectivity index (χ1) is 11.7. The molecule has 0 saturated carbocycles. The lowest BCUT2D eigenvalue weighted by atomic mass is 9.98. The molecule has 1 aromatic rings. The van der Waals surface area contributed by atoms with E-state index in [-0.39, 0.29) is 6.61 Å². The van der Waals surface area contributed by atoms with Crippen LogP contribution in [0.4, 0.5) is 0 Å². The van der Waals surface area contributed by atoms with E-state index in [1.807, 2.05) is 24.3 Å². The Balaban J connectivity index is 3.05. The fourth-order valence-electron chi connectivity index (χ4n) is 2.32. The number of hydrogen-bond donors (Lipinski definition) is 0. The summed E-state index contributed by atoms with van der Waals surface area (Å²) in [5.74, 6) is 0.419. The lowest BCUT2D eigenvalue weighted by molar-refractivity contribution is -0.154. The Morgan fingerprint density at radius 3 is 2.28 bits per heavy atom. The van der Waals surface area contributed by atoms with Crippen molar-refractivity contribution in [3.63, 3.8) is 0 Å². The molecule has 2 atom stereocenters. The summed E-state index contributed by atoms with van der Waals surface area (Å²) in [5.41, 5.74) is 1.61. The Bertz CT molecular complexity index is 611. The van der Waals surface area contributed by atoms with Crippen molar-refractivity contribution in [3.05, 3.63) is 42.0 Å². The third-order valence-electron chi connectivity index (χ3n) is 3.61. The van der Waals surface area contributed by atoms with Crippen molar-refractivity contribution < 1.29 is 23.8 Å². The van der Waals surface area contributed by atoms with E-state index in [4.69, 9.17) is 14.2 Å². The van der Waals surface area contributed by atoms with Crippen molar-refractivity contribution in [2.75, 3.05) is 13.7 Å². The number of hydrogen-bond acceptors (Lipinski definition) is 6. The third-order valence-corrected chi connectivity index (χ3v) is 5.07. The lowest BCUT2D eigenvalue weighted by Gasteiger charge is -2.34. The number of esters is 2. The van der Waals surface area contributed by atoms with Crippen LogP contribution < -0.4 is 4.74 Å². The number of ether oxygens (including phenoxy) is 3. The van der Waals surface area contributed by atoms with Gasteiger partial charge in [-0.25, -0.2) is 0 Å². The quantitative estimate of drug-likeness (QED) is 0.490. The maximum atomic E-state index is 12.6. The highest BCUT2D eigenvalue weighted by atomic mass is 32.2. The summed E-state index contributed by atoms with van der Waals surface area (Å²) < 4.78 is 14.7. The van der Waals surface area contributed by atoms with Gasteiger partial charge in [0.05, 0.1) is 13.7 Å². The topological polar surface area (TPSA) is 61.8 Å². The fourth-order valence-corrected chi connectivity index (χ4v) is 3.56. The summed E-state index contributed by atoms with van der Waals surface area (Å²) in [6.07, 6.45) is -0.771. The van der Waals surface area contributed by atoms with E-state index in [0.717, 1.165) is 11.3 Å². The van der Waals surface area contributed by atoms with Crippen molar-refractivity contribution in [3.8, 4) is 5.75 Å². The van der Waals surface area contributed by atoms with Gasteiger partial charge in [-0.1, -0.05) is 18.7 Å². The number of carbonyl (C=O) groups excluding carboxylic acids is 2. The number of thioether (sulfide) groups is 1. The van der Waals surface area contributed by atoms with Crippen LogP contribution in [0.25, 0.3) is 0 Å². The summed E-state index contributed by atoms with van der Waals surface area (Å²) in [6.45, 7) is 10.6. The van der Waals surface area contributed by atoms with Gasteiger partial charge in [0.2, 0.25) is 0 Å². The number of carbonyl (C=O) groups is 2. The second kappa shape index (κ2) is 9.51. The lowest BCUT2D eigenvalue weighted by Crippen LogP contribution is -2.47. The largest absolute Gasteiger partial charge is 0.497 e. The molecular weight excluding hydrogens is 340 g/mol. The Morgan fingerprint density at radius 1 is 1.24 bits per heavy atom. The molecule has 1 aromatic carbocycles. The van der Waals surface area contributed by atoms with E-state index in [2.05, 4.69) is 6.58 Å². The molecule has 5 nitrogen and oxygen atoms in total. The summed E-state index contributed by atoms with van der Waals surface area (Å²) in [4.78, 5) is 24.1. The van der Waals surface area contributed by atoms with Crippen molar-refractivity contribution in [2.24, 2.45) is 0 Å². The van der Waals surface area contributed by atoms with E-state index in [0.29, 0.717) is 11.3 Å². The van der Waals surface area contributed by atoms with Crippen LogP contribution in [-0.4, -0.2) is 36.5 Å². The molecular formula is C19H26O5S. The zero-order chi connectivity index (χ0) is 19.0. The van der Waals surface area contributed by atoms with E-state index < -0.39 is 22.8 Å². The first-order valence-corrected chi connectivity index (χ1v) is 8.99. The Labute approximate surface area is 153 Å². The third kappa shape index (κ3) is 5.81. The van der Waals surface area contributed by atoms with Gasteiger partial charge in [0.25, 0.3) is 0 Å². The molecule has 138 valence electrons. The molecule has 0 fully saturated rings. The van der Waals surface area contributed by atoms with Crippen LogP contribution in [0.1, 0.15) is 33.3 Å². The molecule has 0 spiro atoms. The number of methoxy groups -OCH3 is 1. The predicted octanol–water partition coefficient (Wildman–Crippen LogP) is 3.76. The molecule has 0 saturated heterocycles. The monoisotopic (exact) mass is 366 g/mol. The average Bonchev–Trinajstić information content (AvgIpc) is 2.57. The average molecular weight is 366 g/mol. The Morgan fingerprint density at radius 2 is 1.84 bits per heavy atom. The Hall–Kier alpha value is -1.95. The standard InChI is InChI=1S/C19H26O5S/c1-7-23-18(21)19(5,17(13(2)3)24-14(4)20)25-12-15-8-10-16(22-6)11-9-15/h8-11,17H,2,7,12H2,1,3-6H3/t17?,19-/m0/s1. The summed E-state index contributed by atoms with van der Waals surface area (Å²) in [6, 6.07) is 7.58. The first-order valence-electron chi connectivity index (χ1n) is 8.01. The van der Waals surface area contributed by atoms with Crippen LogP contribution in [-0.2, 0) is 24.8 Å². The van der Waals surface area contributed by atoms with Gasteiger partial charge in [-0.05, 0) is 44.0 Å². The van der Waals surface area contributed by atoms with Gasteiger partial charge in [0, 0.05) is 12.7 Å². The molecule has 0 aromatic heterocycles. The molecule has 0 amide bonds. The van der Waals surface area contributed by atoms with E-state index in [1.165, 1.54) is 18.7 Å². The Kier molecular flexibility index (Phi) is 8.03. The molecule has 0 N–H and O–H groups in total. The van der Waals surface area contributed by atoms with Gasteiger partial charge in [0.15, 0.2) is 4.75 Å². The van der Waals surface area contributed by atoms with Crippen molar-refractivity contribution >= 4 is 23.7 Å². The minimum absolute atomic E-state index is 0.250. The minimum Gasteiger partial charge on any atom is -0.497 e. The van der Waals surface area contributed by atoms with Crippen LogP contribution in [0.3, 0.4) is 0 Å². The maximum absolute atomic E-state index is 12.6. The van der Waals surface area contributed by atoms with Crippen LogP contribution in [0.5, 0.6) is 5.75 Å². The van der Waals surface area contributed by atoms with E-state index >= 15 is 0 Å². The normalized spacial score (nSPS) is 14.1. The minimum atomic E-state index is -1.09. The molecule has 0 aliphatic carbocycles. The van der Waals surface area contributed by atoms with Gasteiger partial charge in [-0.2, -0.15) is 0 Å². The molecule has 0 radical (unpaired) electrons. The van der Waals surface area contributed by atoms with Gasteiger partial charge >= 0.3 is 11.9 Å². The summed E-state index contributed by atoms with van der Waals surface area (Å²) in [7, 11) is 1.61. The molecule has 0 heterocycles. The SMILES string of the molecule is C=C(C)C(OC(C)=O)[C@](C)(SCc1ccc(OC)cc1)C(=O)OCC. The zero-order valence-corrected chi connectivity index (χ0v) is 16.3. The first kappa shape index (κ1) is 21.1. The highest BCUT2D eigenvalue weighted by molar-refractivity contribution is 8.00. The number of benzene rings is 1. The molecule has 25 heavy (non-hydrogen) atoms. The molecule has 0 bridgehead atoms. The summed E-state index contributed by atoms with van der Waals surface area (Å²) in [5, 5.41) is 0. The highest BCUT2D eigenvalue weighted by Crippen LogP contribution is 2.37. The fraction of sp³-hybridized carbons (Fsp3) is 0.474. The van der Waals surface area contributed by atoms with Crippen molar-refractivity contribution in [2.45, 2.75) is 44.3 Å². The smallest absolute Gasteiger partial charge is 0.326 e. The van der Waals surface area contributed by atoms with Gasteiger partial charge in [-0.3, -0.25) is 9.59 Å². The molecule has 0 aliphatic heterocycles. The van der Waals surface area contributed by atoms with E-state index in [9.17, 15) is 9.59 Å². The van der Waals surface area contributed by atoms with Crippen molar-refractivity contribution in [1.29, 1.82) is 0 Å². The molecule has 1 rings (SSSR count). The molecule has 1 unspecified atom stereocenters. The van der Waals surface area contributed by atoms with Crippen molar-refractivity contribution in [1.82, 2.24) is 0 Å². The van der Waals surface area contributed by atoms with Gasteiger partial charge in [0.1, 0.15) is 11.9 Å². The van der Waals surface area contributed by atoms with Crippen LogP contribution >= 0.6 is 11.8 Å². The number of rotatable bonds is 9. The van der Waals surface area contributed by atoms with Gasteiger partial charge < -0.3 is 14.2 Å². The molecule has 0 aliphatic rings. The summed E-state index contributed by atoms with van der Waals surface area (Å²) >= 11 is 1.36. The van der Waals surface area contributed by atoms with E-state index in [1.54, 1.807) is 27.9 Å². The van der Waals surface area contributed by atoms with Crippen LogP contribution in [0, 0.1) is 0 Å². The van der Waals surface area contributed by atoms with Gasteiger partial charge in [-0.15, -0.1) is 11.8 Å². The van der Waals surface area contributed by atoms with Crippen LogP contribution in [0.2, 0.25) is 0 Å². The zero-order valence-electron chi connectivity index (χ0n) is 15.5. The molecule has 6 heteroatoms. The second-order valence-corrected chi connectivity index (χ2v) is 7.23. The second-order valence-electron chi connectivity index (χ2n) is 5.80.